The van der Waals surface area contributed by atoms with Gasteiger partial charge in [-0.1, -0.05) is 12.1 Å². The minimum atomic E-state index is -4.85. The fourth-order valence-electron chi connectivity index (χ4n) is 3.08. The van der Waals surface area contributed by atoms with Crippen molar-refractivity contribution in [2.75, 3.05) is 13.2 Å². The first-order valence-corrected chi connectivity index (χ1v) is 6.98. The summed E-state index contributed by atoms with van der Waals surface area (Å²) in [6, 6.07) is 1.52. The molecule has 0 amide bonds. The van der Waals surface area contributed by atoms with Gasteiger partial charge >= 0.3 is 12.4 Å². The first kappa shape index (κ1) is 16.3. The Morgan fingerprint density at radius 2 is 1.57 bits per heavy atom. The Labute approximate surface area is 128 Å². The topological polar surface area (TPSA) is 21.3 Å². The predicted molar refractivity (Wildman–Crippen MR) is 70.6 cm³/mol. The highest BCUT2D eigenvalue weighted by atomic mass is 19.4. The van der Waals surface area contributed by atoms with Crippen LogP contribution in [0.2, 0.25) is 0 Å². The SMILES string of the molecule is FC(F)(F)c1cccc(C(F)(F)F)c1C1=CC2COCC(C1)N2. The standard InChI is InChI=1S/C15H13F6NO/c16-14(17,18)11-2-1-3-12(15(19,20)21)13(11)8-4-9-6-23-7-10(5-8)22-9/h1-4,9-10,22H,5-7H2. The lowest BCUT2D eigenvalue weighted by Gasteiger charge is -2.36. The summed E-state index contributed by atoms with van der Waals surface area (Å²) in [7, 11) is 0. The van der Waals surface area contributed by atoms with E-state index in [1.165, 1.54) is 6.08 Å². The predicted octanol–water partition coefficient (Wildman–Crippen LogP) is 3.87. The van der Waals surface area contributed by atoms with Gasteiger partial charge in [0, 0.05) is 17.6 Å². The second-order valence-electron chi connectivity index (χ2n) is 5.63. The summed E-state index contributed by atoms with van der Waals surface area (Å²) >= 11 is 0. The summed E-state index contributed by atoms with van der Waals surface area (Å²) in [5.41, 5.74) is -3.19. The third-order valence-corrected chi connectivity index (χ3v) is 3.93. The van der Waals surface area contributed by atoms with Gasteiger partial charge in [-0.2, -0.15) is 26.3 Å². The van der Waals surface area contributed by atoms with E-state index >= 15 is 0 Å². The third kappa shape index (κ3) is 3.23. The fourth-order valence-corrected chi connectivity index (χ4v) is 3.08. The van der Waals surface area contributed by atoms with Crippen LogP contribution in [0.5, 0.6) is 0 Å². The molecule has 1 aromatic carbocycles. The molecule has 1 N–H and O–H groups in total. The highest BCUT2D eigenvalue weighted by molar-refractivity contribution is 5.74. The average Bonchev–Trinajstić information content (AvgIpc) is 2.44. The lowest BCUT2D eigenvalue weighted by Crippen LogP contribution is -2.50. The van der Waals surface area contributed by atoms with E-state index in [9.17, 15) is 26.3 Å². The highest BCUT2D eigenvalue weighted by Crippen LogP contribution is 2.44. The Kier molecular flexibility index (Phi) is 3.92. The molecule has 1 saturated heterocycles. The normalized spacial score (nSPS) is 25.2. The van der Waals surface area contributed by atoms with Crippen LogP contribution in [0.4, 0.5) is 26.3 Å². The van der Waals surface area contributed by atoms with Gasteiger partial charge in [-0.25, -0.2) is 0 Å². The van der Waals surface area contributed by atoms with E-state index in [1.54, 1.807) is 0 Å². The fraction of sp³-hybridized carbons (Fsp3) is 0.467. The maximum Gasteiger partial charge on any atom is 0.417 e. The summed E-state index contributed by atoms with van der Waals surface area (Å²) < 4.78 is 84.6. The second kappa shape index (κ2) is 5.52. The molecule has 0 aliphatic carbocycles. The smallest absolute Gasteiger partial charge is 0.378 e. The number of hydrogen-bond donors (Lipinski definition) is 1. The van der Waals surface area contributed by atoms with Crippen molar-refractivity contribution in [2.45, 2.75) is 30.9 Å². The van der Waals surface area contributed by atoms with Crippen molar-refractivity contribution >= 4 is 5.57 Å². The third-order valence-electron chi connectivity index (χ3n) is 3.93. The number of fused-ring (bicyclic) bond motifs is 2. The van der Waals surface area contributed by atoms with Gasteiger partial charge in [-0.05, 0) is 24.1 Å². The maximum absolute atomic E-state index is 13.2. The van der Waals surface area contributed by atoms with Gasteiger partial charge in [0.1, 0.15) is 0 Å². The van der Waals surface area contributed by atoms with Gasteiger partial charge in [0.2, 0.25) is 0 Å². The largest absolute Gasteiger partial charge is 0.417 e. The Balaban J connectivity index is 2.18. The van der Waals surface area contributed by atoms with Crippen molar-refractivity contribution in [1.29, 1.82) is 0 Å². The molecule has 8 heteroatoms. The van der Waals surface area contributed by atoms with Crippen LogP contribution in [-0.2, 0) is 17.1 Å². The van der Waals surface area contributed by atoms with Crippen LogP contribution in [0.3, 0.4) is 0 Å². The number of nitrogens with one attached hydrogen (secondary N) is 1. The van der Waals surface area contributed by atoms with Gasteiger partial charge in [-0.3, -0.25) is 0 Å². The highest BCUT2D eigenvalue weighted by Gasteiger charge is 2.42. The van der Waals surface area contributed by atoms with E-state index in [1.807, 2.05) is 0 Å². The van der Waals surface area contributed by atoms with Crippen LogP contribution in [0.15, 0.2) is 24.3 Å². The van der Waals surface area contributed by atoms with Crippen LogP contribution in [0.25, 0.3) is 5.57 Å². The van der Waals surface area contributed by atoms with Gasteiger partial charge in [0.05, 0.1) is 24.3 Å². The molecule has 2 unspecified atom stereocenters. The number of alkyl halides is 6. The van der Waals surface area contributed by atoms with E-state index in [0.717, 1.165) is 6.07 Å². The van der Waals surface area contributed by atoms with Gasteiger partial charge < -0.3 is 10.1 Å². The van der Waals surface area contributed by atoms with E-state index in [4.69, 9.17) is 4.74 Å². The van der Waals surface area contributed by atoms with Crippen LogP contribution in [0.1, 0.15) is 23.1 Å². The molecular formula is C15H13F6NO. The number of halogens is 6. The van der Waals surface area contributed by atoms with E-state index in [2.05, 4.69) is 5.32 Å². The van der Waals surface area contributed by atoms with Crippen molar-refractivity contribution in [1.82, 2.24) is 5.32 Å². The number of rotatable bonds is 1. The van der Waals surface area contributed by atoms with E-state index < -0.39 is 29.0 Å². The molecule has 2 nitrogen and oxygen atoms in total. The Morgan fingerprint density at radius 1 is 0.957 bits per heavy atom. The van der Waals surface area contributed by atoms with Crippen molar-refractivity contribution < 1.29 is 31.1 Å². The number of morpholine rings is 1. The van der Waals surface area contributed by atoms with Crippen LogP contribution in [-0.4, -0.2) is 25.3 Å². The molecule has 23 heavy (non-hydrogen) atoms. The Bertz CT molecular complexity index is 602. The minimum Gasteiger partial charge on any atom is -0.378 e. The summed E-state index contributed by atoms with van der Waals surface area (Å²) in [5, 5.41) is 3.11. The van der Waals surface area contributed by atoms with E-state index in [0.29, 0.717) is 12.1 Å². The Hall–Kier alpha value is -1.54. The van der Waals surface area contributed by atoms with Crippen molar-refractivity contribution in [3.8, 4) is 0 Å². The second-order valence-corrected chi connectivity index (χ2v) is 5.63. The molecule has 2 aliphatic heterocycles. The quantitative estimate of drug-likeness (QED) is 0.786. The molecule has 2 bridgehead atoms. The molecular weight excluding hydrogens is 324 g/mol. The molecule has 0 saturated carbocycles. The molecule has 1 fully saturated rings. The van der Waals surface area contributed by atoms with Gasteiger partial charge in [0.15, 0.2) is 0 Å². The van der Waals surface area contributed by atoms with Gasteiger partial charge in [-0.15, -0.1) is 0 Å². The summed E-state index contributed by atoms with van der Waals surface area (Å²) in [4.78, 5) is 0. The summed E-state index contributed by atoms with van der Waals surface area (Å²) in [6.07, 6.45) is -8.23. The van der Waals surface area contributed by atoms with E-state index in [-0.39, 0.29) is 37.3 Å². The minimum absolute atomic E-state index is 0.0622. The number of ether oxygens (including phenoxy) is 1. The summed E-state index contributed by atoms with van der Waals surface area (Å²) in [5.74, 6) is 0. The van der Waals surface area contributed by atoms with Crippen LogP contribution < -0.4 is 5.32 Å². The molecule has 3 rings (SSSR count). The molecule has 2 aliphatic rings. The molecule has 0 spiro atoms. The first-order chi connectivity index (χ1) is 10.7. The van der Waals surface area contributed by atoms with Crippen molar-refractivity contribution in [3.05, 3.63) is 41.0 Å². The van der Waals surface area contributed by atoms with Crippen molar-refractivity contribution in [3.63, 3.8) is 0 Å². The van der Waals surface area contributed by atoms with Crippen LogP contribution >= 0.6 is 0 Å². The molecule has 2 atom stereocenters. The first-order valence-electron chi connectivity index (χ1n) is 6.98. The molecule has 0 aromatic heterocycles. The number of hydrogen-bond acceptors (Lipinski definition) is 2. The molecule has 0 radical (unpaired) electrons. The zero-order chi connectivity index (χ0) is 16.8. The molecule has 2 heterocycles. The maximum atomic E-state index is 13.2. The monoisotopic (exact) mass is 337 g/mol. The molecule has 1 aromatic rings. The molecule has 126 valence electrons. The summed E-state index contributed by atoms with van der Waals surface area (Å²) in [6.45, 7) is 0.499. The lowest BCUT2D eigenvalue weighted by molar-refractivity contribution is -0.143. The van der Waals surface area contributed by atoms with Gasteiger partial charge in [0.25, 0.3) is 0 Å². The van der Waals surface area contributed by atoms with Crippen LogP contribution in [0, 0.1) is 0 Å². The Morgan fingerprint density at radius 3 is 2.09 bits per heavy atom. The number of benzene rings is 1. The zero-order valence-corrected chi connectivity index (χ0v) is 11.8. The average molecular weight is 337 g/mol. The lowest BCUT2D eigenvalue weighted by atomic mass is 9.86. The van der Waals surface area contributed by atoms with Crippen molar-refractivity contribution in [2.24, 2.45) is 0 Å². The zero-order valence-electron chi connectivity index (χ0n) is 11.8.